The van der Waals surface area contributed by atoms with E-state index in [0.717, 1.165) is 23.5 Å². The lowest BCUT2D eigenvalue weighted by Crippen LogP contribution is -2.40. The minimum Gasteiger partial charge on any atom is -0.390 e. The fraction of sp³-hybridized carbons (Fsp3) is 0.667. The number of ether oxygens (including phenoxy) is 1. The van der Waals surface area contributed by atoms with Crippen LogP contribution in [-0.2, 0) is 9.53 Å². The van der Waals surface area contributed by atoms with Gasteiger partial charge in [0.1, 0.15) is 18.4 Å². The SMILES string of the molecule is CCCCCC(=O)C(O)[C@H]1O[C@@H](n2ccc(=O)[nH]c2=O)C[C@@H]1O. The zero-order valence-electron chi connectivity index (χ0n) is 13.0. The van der Waals surface area contributed by atoms with Crippen LogP contribution in [0.1, 0.15) is 45.3 Å². The van der Waals surface area contributed by atoms with Crippen molar-refractivity contribution >= 4 is 5.78 Å². The van der Waals surface area contributed by atoms with Crippen molar-refractivity contribution < 1.29 is 19.7 Å². The second kappa shape index (κ2) is 7.67. The summed E-state index contributed by atoms with van der Waals surface area (Å²) in [5, 5.41) is 20.1. The number of aliphatic hydroxyl groups excluding tert-OH is 2. The molecule has 1 aromatic rings. The fourth-order valence-electron chi connectivity index (χ4n) is 2.67. The fourth-order valence-corrected chi connectivity index (χ4v) is 2.67. The van der Waals surface area contributed by atoms with Crippen molar-refractivity contribution in [3.05, 3.63) is 33.1 Å². The highest BCUT2D eigenvalue weighted by atomic mass is 16.5. The molecule has 2 heterocycles. The molecule has 1 aliphatic heterocycles. The Morgan fingerprint density at radius 2 is 2.22 bits per heavy atom. The quantitative estimate of drug-likeness (QED) is 0.591. The molecule has 8 heteroatoms. The molecule has 0 spiro atoms. The Balaban J connectivity index is 2.04. The van der Waals surface area contributed by atoms with E-state index in [4.69, 9.17) is 4.74 Å². The third-order valence-corrected chi connectivity index (χ3v) is 3.97. The molecule has 128 valence electrons. The van der Waals surface area contributed by atoms with Gasteiger partial charge in [0.25, 0.3) is 5.56 Å². The van der Waals surface area contributed by atoms with Crippen LogP contribution in [0.4, 0.5) is 0 Å². The summed E-state index contributed by atoms with van der Waals surface area (Å²) < 4.78 is 6.61. The van der Waals surface area contributed by atoms with Crippen LogP contribution in [-0.4, -0.2) is 43.9 Å². The maximum atomic E-state index is 11.9. The number of hydrogen-bond donors (Lipinski definition) is 3. The molecular formula is C15H22N2O6. The number of aliphatic hydroxyl groups is 2. The lowest BCUT2D eigenvalue weighted by atomic mass is 10.0. The number of carbonyl (C=O) groups excluding carboxylic acids is 1. The zero-order chi connectivity index (χ0) is 17.0. The highest BCUT2D eigenvalue weighted by Gasteiger charge is 2.42. The summed E-state index contributed by atoms with van der Waals surface area (Å²) >= 11 is 0. The summed E-state index contributed by atoms with van der Waals surface area (Å²) in [6.45, 7) is 2.01. The number of aromatic nitrogens is 2. The smallest absolute Gasteiger partial charge is 0.330 e. The van der Waals surface area contributed by atoms with Gasteiger partial charge in [0, 0.05) is 25.1 Å². The van der Waals surface area contributed by atoms with Crippen LogP contribution in [0, 0.1) is 0 Å². The average Bonchev–Trinajstić information content (AvgIpc) is 2.88. The Labute approximate surface area is 132 Å². The number of Topliss-reactive ketones (excluding diaryl/α,β-unsaturated/α-hetero) is 1. The van der Waals surface area contributed by atoms with E-state index in [-0.39, 0.29) is 18.6 Å². The molecule has 1 saturated heterocycles. The van der Waals surface area contributed by atoms with Gasteiger partial charge in [-0.25, -0.2) is 4.79 Å². The van der Waals surface area contributed by atoms with E-state index in [0.29, 0.717) is 6.42 Å². The predicted octanol–water partition coefficient (Wildman–Crippen LogP) is -0.305. The molecule has 1 aromatic heterocycles. The van der Waals surface area contributed by atoms with Crippen LogP contribution in [0.15, 0.2) is 21.9 Å². The van der Waals surface area contributed by atoms with Crippen LogP contribution in [0.25, 0.3) is 0 Å². The number of rotatable bonds is 7. The summed E-state index contributed by atoms with van der Waals surface area (Å²) in [5.41, 5.74) is -1.20. The molecule has 3 N–H and O–H groups in total. The molecule has 1 aliphatic rings. The van der Waals surface area contributed by atoms with Gasteiger partial charge in [0.15, 0.2) is 5.78 Å². The molecule has 0 aliphatic carbocycles. The normalized spacial score (nSPS) is 25.4. The number of nitrogens with zero attached hydrogens (tertiary/aromatic N) is 1. The first-order chi connectivity index (χ1) is 10.9. The number of ketones is 1. The number of aromatic amines is 1. The van der Waals surface area contributed by atoms with Crippen molar-refractivity contribution in [2.75, 3.05) is 0 Å². The van der Waals surface area contributed by atoms with E-state index in [1.807, 2.05) is 6.92 Å². The van der Waals surface area contributed by atoms with Gasteiger partial charge < -0.3 is 14.9 Å². The van der Waals surface area contributed by atoms with Gasteiger partial charge in [0.05, 0.1) is 6.10 Å². The molecule has 4 atom stereocenters. The molecule has 0 amide bonds. The number of unbranched alkanes of at least 4 members (excludes halogenated alkanes) is 2. The molecule has 23 heavy (non-hydrogen) atoms. The van der Waals surface area contributed by atoms with Gasteiger partial charge in [-0.05, 0) is 6.42 Å². The lowest BCUT2D eigenvalue weighted by Gasteiger charge is -2.20. The van der Waals surface area contributed by atoms with Crippen LogP contribution >= 0.6 is 0 Å². The van der Waals surface area contributed by atoms with Gasteiger partial charge in [0.2, 0.25) is 0 Å². The maximum absolute atomic E-state index is 11.9. The van der Waals surface area contributed by atoms with Gasteiger partial charge in [-0.3, -0.25) is 19.1 Å². The molecule has 2 rings (SSSR count). The average molecular weight is 326 g/mol. The highest BCUT2D eigenvalue weighted by Crippen LogP contribution is 2.30. The Kier molecular flexibility index (Phi) is 5.86. The molecule has 1 unspecified atom stereocenters. The van der Waals surface area contributed by atoms with E-state index in [2.05, 4.69) is 4.98 Å². The maximum Gasteiger partial charge on any atom is 0.330 e. The van der Waals surface area contributed by atoms with E-state index in [9.17, 15) is 24.6 Å². The van der Waals surface area contributed by atoms with E-state index in [1.165, 1.54) is 6.20 Å². The monoisotopic (exact) mass is 326 g/mol. The minimum atomic E-state index is -1.43. The van der Waals surface area contributed by atoms with Crippen LogP contribution < -0.4 is 11.2 Å². The summed E-state index contributed by atoms with van der Waals surface area (Å²) in [7, 11) is 0. The summed E-state index contributed by atoms with van der Waals surface area (Å²) in [6, 6.07) is 1.16. The largest absolute Gasteiger partial charge is 0.390 e. The Bertz CT molecular complexity index is 652. The molecule has 1 fully saturated rings. The van der Waals surface area contributed by atoms with Crippen LogP contribution in [0.5, 0.6) is 0 Å². The van der Waals surface area contributed by atoms with Crippen LogP contribution in [0.2, 0.25) is 0 Å². The zero-order valence-corrected chi connectivity index (χ0v) is 13.0. The molecule has 0 bridgehead atoms. The van der Waals surface area contributed by atoms with Crippen molar-refractivity contribution in [1.82, 2.24) is 9.55 Å². The van der Waals surface area contributed by atoms with Crippen molar-refractivity contribution in [2.45, 2.75) is 63.6 Å². The van der Waals surface area contributed by atoms with E-state index >= 15 is 0 Å². The highest BCUT2D eigenvalue weighted by molar-refractivity contribution is 5.83. The first-order valence-electron chi connectivity index (χ1n) is 7.79. The van der Waals surface area contributed by atoms with Crippen molar-refractivity contribution in [3.8, 4) is 0 Å². The second-order valence-corrected chi connectivity index (χ2v) is 5.74. The molecular weight excluding hydrogens is 304 g/mol. The number of carbonyl (C=O) groups is 1. The van der Waals surface area contributed by atoms with Crippen molar-refractivity contribution in [1.29, 1.82) is 0 Å². The first-order valence-corrected chi connectivity index (χ1v) is 7.79. The molecule has 0 aromatic carbocycles. The standard InChI is InChI=1S/C15H22N2O6/c1-2-3-4-5-9(18)13(21)14-10(19)8-12(23-14)17-7-6-11(20)16-15(17)22/h6-7,10,12-14,19,21H,2-5,8H2,1H3,(H,16,20,22)/t10-,12+,13?,14-/m0/s1. The second-order valence-electron chi connectivity index (χ2n) is 5.74. The Morgan fingerprint density at radius 1 is 1.48 bits per heavy atom. The number of hydrogen-bond acceptors (Lipinski definition) is 6. The predicted molar refractivity (Wildman–Crippen MR) is 81.0 cm³/mol. The minimum absolute atomic E-state index is 0.0515. The topological polar surface area (TPSA) is 122 Å². The summed E-state index contributed by atoms with van der Waals surface area (Å²) in [6.07, 6.45) is -0.333. The van der Waals surface area contributed by atoms with Crippen LogP contribution in [0.3, 0.4) is 0 Å². The van der Waals surface area contributed by atoms with Gasteiger partial charge in [-0.2, -0.15) is 0 Å². The van der Waals surface area contributed by atoms with E-state index in [1.54, 1.807) is 0 Å². The third-order valence-electron chi connectivity index (χ3n) is 3.97. The van der Waals surface area contributed by atoms with E-state index < -0.39 is 35.8 Å². The molecule has 0 saturated carbocycles. The number of H-pyrrole nitrogens is 1. The summed E-state index contributed by atoms with van der Waals surface area (Å²) in [4.78, 5) is 36.8. The van der Waals surface area contributed by atoms with Gasteiger partial charge >= 0.3 is 5.69 Å². The van der Waals surface area contributed by atoms with Gasteiger partial charge in [-0.15, -0.1) is 0 Å². The number of nitrogens with one attached hydrogen (secondary N) is 1. The third kappa shape index (κ3) is 4.15. The van der Waals surface area contributed by atoms with Crippen molar-refractivity contribution in [3.63, 3.8) is 0 Å². The lowest BCUT2D eigenvalue weighted by molar-refractivity contribution is -0.141. The summed E-state index contributed by atoms with van der Waals surface area (Å²) in [5.74, 6) is -0.378. The van der Waals surface area contributed by atoms with Gasteiger partial charge in [-0.1, -0.05) is 19.8 Å². The molecule has 8 nitrogen and oxygen atoms in total. The van der Waals surface area contributed by atoms with Crippen molar-refractivity contribution in [2.24, 2.45) is 0 Å². The Morgan fingerprint density at radius 3 is 2.87 bits per heavy atom. The molecule has 0 radical (unpaired) electrons. The Hall–Kier alpha value is -1.77. The first kappa shape index (κ1) is 17.6.